The molecule has 0 saturated carbocycles. The lowest BCUT2D eigenvalue weighted by atomic mass is 10.1. The normalized spacial score (nSPS) is 11.0. The van der Waals surface area contributed by atoms with Gasteiger partial charge >= 0.3 is 0 Å². The summed E-state index contributed by atoms with van der Waals surface area (Å²) in [6.45, 7) is 0. The molecule has 0 aliphatic carbocycles. The minimum absolute atomic E-state index is 0.201. The van der Waals surface area contributed by atoms with E-state index >= 15 is 0 Å². The number of nitrogens with zero attached hydrogens (tertiary/aromatic N) is 2. The van der Waals surface area contributed by atoms with Gasteiger partial charge in [0, 0.05) is 47.2 Å². The van der Waals surface area contributed by atoms with E-state index < -0.39 is 0 Å². The minimum Gasteiger partial charge on any atom is -0.497 e. The maximum absolute atomic E-state index is 13.0. The van der Waals surface area contributed by atoms with Gasteiger partial charge in [-0.3, -0.25) is 4.79 Å². The van der Waals surface area contributed by atoms with Crippen molar-refractivity contribution in [3.8, 4) is 17.0 Å². The first kappa shape index (κ1) is 20.6. The zero-order valence-electron chi connectivity index (χ0n) is 18.7. The molecule has 0 radical (unpaired) electrons. The Morgan fingerprint density at radius 1 is 0.939 bits per heavy atom. The Bertz CT molecular complexity index is 1450. The first-order valence-electron chi connectivity index (χ1n) is 10.7. The van der Waals surface area contributed by atoms with Gasteiger partial charge < -0.3 is 19.9 Å². The predicted octanol–water partition coefficient (Wildman–Crippen LogP) is 5.71. The van der Waals surface area contributed by atoms with E-state index in [9.17, 15) is 4.79 Å². The third-order valence-electron chi connectivity index (χ3n) is 5.75. The molecule has 6 nitrogen and oxygen atoms in total. The van der Waals surface area contributed by atoms with Crippen LogP contribution in [0.5, 0.6) is 5.75 Å². The van der Waals surface area contributed by atoms with Crippen molar-refractivity contribution in [1.82, 2.24) is 9.97 Å². The molecule has 0 aliphatic rings. The number of para-hydroxylation sites is 1. The van der Waals surface area contributed by atoms with Crippen LogP contribution < -0.4 is 15.0 Å². The highest BCUT2D eigenvalue weighted by atomic mass is 16.5. The fourth-order valence-electron chi connectivity index (χ4n) is 3.97. The van der Waals surface area contributed by atoms with Crippen LogP contribution in [0.25, 0.3) is 33.1 Å². The molecule has 5 rings (SSSR count). The molecule has 0 spiro atoms. The molecule has 2 heterocycles. The van der Waals surface area contributed by atoms with Gasteiger partial charge in [-0.15, -0.1) is 0 Å². The third-order valence-corrected chi connectivity index (χ3v) is 5.75. The van der Waals surface area contributed by atoms with E-state index in [1.165, 1.54) is 0 Å². The number of amides is 1. The third kappa shape index (κ3) is 3.87. The van der Waals surface area contributed by atoms with E-state index in [0.717, 1.165) is 44.5 Å². The molecule has 3 aromatic carbocycles. The zero-order chi connectivity index (χ0) is 22.9. The molecule has 2 aromatic heterocycles. The van der Waals surface area contributed by atoms with Crippen molar-refractivity contribution in [2.45, 2.75) is 0 Å². The van der Waals surface area contributed by atoms with Crippen LogP contribution in [-0.2, 0) is 0 Å². The molecule has 2 N–H and O–H groups in total. The zero-order valence-corrected chi connectivity index (χ0v) is 18.7. The fourth-order valence-corrected chi connectivity index (χ4v) is 3.97. The number of ether oxygens (including phenoxy) is 1. The number of aromatic nitrogens is 2. The maximum Gasteiger partial charge on any atom is 0.256 e. The van der Waals surface area contributed by atoms with Crippen LogP contribution >= 0.6 is 0 Å². The van der Waals surface area contributed by atoms with Gasteiger partial charge in [0.25, 0.3) is 5.91 Å². The summed E-state index contributed by atoms with van der Waals surface area (Å²) >= 11 is 0. The predicted molar refractivity (Wildman–Crippen MR) is 134 cm³/mol. The van der Waals surface area contributed by atoms with Crippen molar-refractivity contribution in [1.29, 1.82) is 0 Å². The monoisotopic (exact) mass is 436 g/mol. The van der Waals surface area contributed by atoms with Gasteiger partial charge in [-0.1, -0.05) is 18.2 Å². The van der Waals surface area contributed by atoms with Crippen molar-refractivity contribution in [3.63, 3.8) is 0 Å². The number of carbonyl (C=O) groups is 1. The van der Waals surface area contributed by atoms with Gasteiger partial charge in [0.15, 0.2) is 0 Å². The first-order valence-corrected chi connectivity index (χ1v) is 10.7. The Morgan fingerprint density at radius 2 is 1.67 bits per heavy atom. The summed E-state index contributed by atoms with van der Waals surface area (Å²) in [5.41, 5.74) is 5.25. The molecular weight excluding hydrogens is 412 g/mol. The molecule has 5 aromatic rings. The van der Waals surface area contributed by atoms with Crippen molar-refractivity contribution < 1.29 is 9.53 Å². The number of benzene rings is 3. The minimum atomic E-state index is -0.201. The Balaban J connectivity index is 1.59. The smallest absolute Gasteiger partial charge is 0.256 e. The lowest BCUT2D eigenvalue weighted by molar-refractivity contribution is 0.102. The average molecular weight is 437 g/mol. The van der Waals surface area contributed by atoms with E-state index in [1.54, 1.807) is 7.11 Å². The number of hydrogen-bond donors (Lipinski definition) is 2. The van der Waals surface area contributed by atoms with Crippen LogP contribution in [0, 0.1) is 0 Å². The molecular formula is C27H24N4O2. The SMILES string of the molecule is COc1ccc(-c2nc(NC(=O)c3ccc(N(C)C)cc3)cc3c2[nH]c2ccccc23)cc1. The van der Waals surface area contributed by atoms with Gasteiger partial charge in [-0.05, 0) is 60.7 Å². The van der Waals surface area contributed by atoms with Crippen molar-refractivity contribution in [2.24, 2.45) is 0 Å². The van der Waals surface area contributed by atoms with Crippen LogP contribution in [0.1, 0.15) is 10.4 Å². The molecule has 6 heteroatoms. The summed E-state index contributed by atoms with van der Waals surface area (Å²) in [5, 5.41) is 5.07. The average Bonchev–Trinajstić information content (AvgIpc) is 3.22. The van der Waals surface area contributed by atoms with Gasteiger partial charge in [-0.25, -0.2) is 4.98 Å². The second-order valence-electron chi connectivity index (χ2n) is 8.07. The Hall–Kier alpha value is -4.32. The summed E-state index contributed by atoms with van der Waals surface area (Å²) in [6, 6.07) is 25.3. The Labute approximate surface area is 191 Å². The highest BCUT2D eigenvalue weighted by molar-refractivity contribution is 6.13. The largest absolute Gasteiger partial charge is 0.497 e. The van der Waals surface area contributed by atoms with Crippen LogP contribution in [0.2, 0.25) is 0 Å². The molecule has 0 unspecified atom stereocenters. The van der Waals surface area contributed by atoms with E-state index in [0.29, 0.717) is 11.4 Å². The Morgan fingerprint density at radius 3 is 2.36 bits per heavy atom. The van der Waals surface area contributed by atoms with Crippen LogP contribution in [0.4, 0.5) is 11.5 Å². The summed E-state index contributed by atoms with van der Waals surface area (Å²) in [4.78, 5) is 23.3. The second kappa shape index (κ2) is 8.31. The Kier molecular flexibility index (Phi) is 5.18. The summed E-state index contributed by atoms with van der Waals surface area (Å²) < 4.78 is 5.30. The number of nitrogens with one attached hydrogen (secondary N) is 2. The van der Waals surface area contributed by atoms with Crippen LogP contribution in [0.15, 0.2) is 78.9 Å². The molecule has 164 valence electrons. The van der Waals surface area contributed by atoms with Gasteiger partial charge in [0.05, 0.1) is 18.3 Å². The number of anilines is 2. The number of H-pyrrole nitrogens is 1. The lowest BCUT2D eigenvalue weighted by Gasteiger charge is -2.13. The molecule has 0 aliphatic heterocycles. The highest BCUT2D eigenvalue weighted by Gasteiger charge is 2.15. The molecule has 0 saturated heterocycles. The summed E-state index contributed by atoms with van der Waals surface area (Å²) in [5.74, 6) is 1.07. The number of aromatic amines is 1. The summed E-state index contributed by atoms with van der Waals surface area (Å²) in [7, 11) is 5.58. The molecule has 1 amide bonds. The van der Waals surface area contributed by atoms with Crippen molar-refractivity contribution >= 4 is 39.2 Å². The fraction of sp³-hybridized carbons (Fsp3) is 0.111. The van der Waals surface area contributed by atoms with Gasteiger partial charge in [0.1, 0.15) is 11.6 Å². The van der Waals surface area contributed by atoms with Crippen LogP contribution in [-0.4, -0.2) is 37.1 Å². The highest BCUT2D eigenvalue weighted by Crippen LogP contribution is 2.34. The maximum atomic E-state index is 13.0. The number of pyridine rings is 1. The lowest BCUT2D eigenvalue weighted by Crippen LogP contribution is -2.14. The van der Waals surface area contributed by atoms with Crippen molar-refractivity contribution in [2.75, 3.05) is 31.4 Å². The quantitative estimate of drug-likeness (QED) is 0.370. The second-order valence-corrected chi connectivity index (χ2v) is 8.07. The molecule has 0 bridgehead atoms. The topological polar surface area (TPSA) is 70.2 Å². The standard InChI is InChI=1S/C27H24N4O2/c1-31(2)19-12-8-18(9-13-19)27(32)30-24-16-22-21-6-4-5-7-23(21)28-26(22)25(29-24)17-10-14-20(33-3)15-11-17/h4-16,28H,1-3H3,(H,29,30,32). The van der Waals surface area contributed by atoms with Crippen molar-refractivity contribution in [3.05, 3.63) is 84.4 Å². The van der Waals surface area contributed by atoms with Gasteiger partial charge in [-0.2, -0.15) is 0 Å². The van der Waals surface area contributed by atoms with E-state index in [-0.39, 0.29) is 5.91 Å². The number of fused-ring (bicyclic) bond motifs is 3. The van der Waals surface area contributed by atoms with Gasteiger partial charge in [0.2, 0.25) is 0 Å². The van der Waals surface area contributed by atoms with E-state index in [4.69, 9.17) is 9.72 Å². The molecule has 33 heavy (non-hydrogen) atoms. The number of carbonyl (C=O) groups excluding carboxylic acids is 1. The summed E-state index contributed by atoms with van der Waals surface area (Å²) in [6.07, 6.45) is 0. The molecule has 0 atom stereocenters. The van der Waals surface area contributed by atoms with Crippen LogP contribution in [0.3, 0.4) is 0 Å². The number of methoxy groups -OCH3 is 1. The first-order chi connectivity index (χ1) is 16.0. The number of hydrogen-bond acceptors (Lipinski definition) is 4. The van der Waals surface area contributed by atoms with E-state index in [1.807, 2.05) is 91.8 Å². The van der Waals surface area contributed by atoms with E-state index in [2.05, 4.69) is 16.4 Å². The number of rotatable bonds is 5. The molecule has 0 fully saturated rings.